The standard InChI is InChI=1S/C24H26N2O4S/c1-4-30-22-10-8-9-19(17-22)18-25(2)24(27)20-13-15-21(16-14-20)26(3)31(28,29)23-11-6-5-7-12-23/h5-17H,4,18H2,1-3H3. The first-order chi connectivity index (χ1) is 14.8. The minimum absolute atomic E-state index is 0.151. The lowest BCUT2D eigenvalue weighted by Gasteiger charge is -2.21. The summed E-state index contributed by atoms with van der Waals surface area (Å²) in [7, 11) is -0.437. The lowest BCUT2D eigenvalue weighted by Crippen LogP contribution is -2.27. The van der Waals surface area contributed by atoms with Crippen LogP contribution in [0.3, 0.4) is 0 Å². The molecule has 0 aliphatic rings. The van der Waals surface area contributed by atoms with Crippen molar-refractivity contribution in [1.82, 2.24) is 4.90 Å². The Hall–Kier alpha value is -3.32. The molecule has 1 amide bonds. The third-order valence-electron chi connectivity index (χ3n) is 4.86. The molecule has 0 bridgehead atoms. The first-order valence-electron chi connectivity index (χ1n) is 9.94. The summed E-state index contributed by atoms with van der Waals surface area (Å²) in [5, 5.41) is 0. The summed E-state index contributed by atoms with van der Waals surface area (Å²) in [6.45, 7) is 2.94. The molecule has 7 heteroatoms. The van der Waals surface area contributed by atoms with Gasteiger partial charge in [0, 0.05) is 26.2 Å². The molecule has 162 valence electrons. The van der Waals surface area contributed by atoms with E-state index in [1.54, 1.807) is 66.5 Å². The number of hydrogen-bond donors (Lipinski definition) is 0. The van der Waals surface area contributed by atoms with Crippen LogP contribution < -0.4 is 9.04 Å². The summed E-state index contributed by atoms with van der Waals surface area (Å²) in [5.41, 5.74) is 1.93. The van der Waals surface area contributed by atoms with Crippen LogP contribution in [-0.4, -0.2) is 39.9 Å². The third kappa shape index (κ3) is 5.24. The van der Waals surface area contributed by atoms with Crippen LogP contribution >= 0.6 is 0 Å². The maximum atomic E-state index is 12.8. The molecule has 0 fully saturated rings. The molecular formula is C24H26N2O4S. The molecule has 0 spiro atoms. The fourth-order valence-electron chi connectivity index (χ4n) is 3.17. The van der Waals surface area contributed by atoms with Crippen molar-refractivity contribution in [2.75, 3.05) is 25.0 Å². The van der Waals surface area contributed by atoms with Gasteiger partial charge in [-0.1, -0.05) is 30.3 Å². The van der Waals surface area contributed by atoms with E-state index in [9.17, 15) is 13.2 Å². The Kier molecular flexibility index (Phi) is 6.97. The predicted molar refractivity (Wildman–Crippen MR) is 122 cm³/mol. The van der Waals surface area contributed by atoms with Gasteiger partial charge >= 0.3 is 0 Å². The Morgan fingerprint density at radius 3 is 2.23 bits per heavy atom. The highest BCUT2D eigenvalue weighted by atomic mass is 32.2. The van der Waals surface area contributed by atoms with Gasteiger partial charge in [-0.25, -0.2) is 8.42 Å². The molecule has 0 aromatic heterocycles. The van der Waals surface area contributed by atoms with Gasteiger partial charge in [-0.3, -0.25) is 9.10 Å². The summed E-state index contributed by atoms with van der Waals surface area (Å²) in [4.78, 5) is 14.7. The quantitative estimate of drug-likeness (QED) is 0.529. The van der Waals surface area contributed by atoms with Gasteiger partial charge in [-0.05, 0) is 61.0 Å². The van der Waals surface area contributed by atoms with Crippen molar-refractivity contribution >= 4 is 21.6 Å². The van der Waals surface area contributed by atoms with Crippen LogP contribution in [0.2, 0.25) is 0 Å². The van der Waals surface area contributed by atoms with Crippen LogP contribution in [0.15, 0.2) is 83.8 Å². The second-order valence-electron chi connectivity index (χ2n) is 7.07. The summed E-state index contributed by atoms with van der Waals surface area (Å²) in [6.07, 6.45) is 0. The average Bonchev–Trinajstić information content (AvgIpc) is 2.79. The van der Waals surface area contributed by atoms with Crippen LogP contribution in [0.4, 0.5) is 5.69 Å². The van der Waals surface area contributed by atoms with Gasteiger partial charge in [0.05, 0.1) is 17.2 Å². The maximum Gasteiger partial charge on any atom is 0.264 e. The monoisotopic (exact) mass is 438 g/mol. The summed E-state index contributed by atoms with van der Waals surface area (Å²) in [5.74, 6) is 0.620. The topological polar surface area (TPSA) is 66.9 Å². The zero-order valence-electron chi connectivity index (χ0n) is 17.9. The van der Waals surface area contributed by atoms with Crippen LogP contribution in [0.1, 0.15) is 22.8 Å². The number of nitrogens with zero attached hydrogens (tertiary/aromatic N) is 2. The first kappa shape index (κ1) is 22.4. The lowest BCUT2D eigenvalue weighted by molar-refractivity contribution is 0.0785. The minimum Gasteiger partial charge on any atom is -0.494 e. The zero-order valence-corrected chi connectivity index (χ0v) is 18.7. The van der Waals surface area contributed by atoms with Crippen molar-refractivity contribution in [3.05, 3.63) is 90.0 Å². The van der Waals surface area contributed by atoms with E-state index < -0.39 is 10.0 Å². The fraction of sp³-hybridized carbons (Fsp3) is 0.208. The third-order valence-corrected chi connectivity index (χ3v) is 6.66. The van der Waals surface area contributed by atoms with Gasteiger partial charge in [0.2, 0.25) is 0 Å². The Morgan fingerprint density at radius 2 is 1.58 bits per heavy atom. The molecule has 6 nitrogen and oxygen atoms in total. The Balaban J connectivity index is 1.72. The normalized spacial score (nSPS) is 11.1. The molecule has 3 aromatic carbocycles. The van der Waals surface area contributed by atoms with Gasteiger partial charge in [-0.15, -0.1) is 0 Å². The number of carbonyl (C=O) groups is 1. The van der Waals surface area contributed by atoms with Gasteiger partial charge < -0.3 is 9.64 Å². The average molecular weight is 439 g/mol. The molecule has 3 aromatic rings. The van der Waals surface area contributed by atoms with E-state index in [0.29, 0.717) is 24.4 Å². The molecule has 0 heterocycles. The molecule has 3 rings (SSSR count). The van der Waals surface area contributed by atoms with Crippen LogP contribution in [0, 0.1) is 0 Å². The highest BCUT2D eigenvalue weighted by Crippen LogP contribution is 2.23. The van der Waals surface area contributed by atoms with Gasteiger partial charge in [-0.2, -0.15) is 0 Å². The molecule has 0 atom stereocenters. The number of benzene rings is 3. The van der Waals surface area contributed by atoms with E-state index in [0.717, 1.165) is 11.3 Å². The summed E-state index contributed by atoms with van der Waals surface area (Å²) >= 11 is 0. The predicted octanol–water partition coefficient (Wildman–Crippen LogP) is 4.18. The van der Waals surface area contributed by atoms with E-state index in [4.69, 9.17) is 4.74 Å². The fourth-order valence-corrected chi connectivity index (χ4v) is 4.39. The van der Waals surface area contributed by atoms with Crippen molar-refractivity contribution in [3.63, 3.8) is 0 Å². The summed E-state index contributed by atoms with van der Waals surface area (Å²) in [6, 6.07) is 22.4. The van der Waals surface area contributed by atoms with Crippen molar-refractivity contribution in [2.45, 2.75) is 18.4 Å². The maximum absolute atomic E-state index is 12.8. The number of amides is 1. The Morgan fingerprint density at radius 1 is 0.903 bits per heavy atom. The number of anilines is 1. The molecule has 0 saturated heterocycles. The highest BCUT2D eigenvalue weighted by Gasteiger charge is 2.21. The smallest absolute Gasteiger partial charge is 0.264 e. The molecule has 0 unspecified atom stereocenters. The van der Waals surface area contributed by atoms with Crippen molar-refractivity contribution in [2.24, 2.45) is 0 Å². The summed E-state index contributed by atoms with van der Waals surface area (Å²) < 4.78 is 32.3. The van der Waals surface area contributed by atoms with Gasteiger partial charge in [0.1, 0.15) is 5.75 Å². The Bertz CT molecular complexity index is 1130. The van der Waals surface area contributed by atoms with E-state index in [1.165, 1.54) is 11.4 Å². The number of sulfonamides is 1. The van der Waals surface area contributed by atoms with Crippen LogP contribution in [-0.2, 0) is 16.6 Å². The van der Waals surface area contributed by atoms with Crippen LogP contribution in [0.5, 0.6) is 5.75 Å². The van der Waals surface area contributed by atoms with E-state index in [2.05, 4.69) is 0 Å². The molecule has 31 heavy (non-hydrogen) atoms. The number of ether oxygens (including phenoxy) is 1. The second kappa shape index (κ2) is 9.66. The Labute approximate surface area is 183 Å². The van der Waals surface area contributed by atoms with Crippen molar-refractivity contribution in [3.8, 4) is 5.75 Å². The first-order valence-corrected chi connectivity index (χ1v) is 11.4. The van der Waals surface area contributed by atoms with E-state index >= 15 is 0 Å². The molecule has 0 saturated carbocycles. The molecule has 0 aliphatic carbocycles. The zero-order chi connectivity index (χ0) is 22.4. The lowest BCUT2D eigenvalue weighted by atomic mass is 10.1. The molecular weight excluding hydrogens is 412 g/mol. The number of hydrogen-bond acceptors (Lipinski definition) is 4. The number of rotatable bonds is 8. The van der Waals surface area contributed by atoms with E-state index in [-0.39, 0.29) is 10.8 Å². The molecule has 0 N–H and O–H groups in total. The van der Waals surface area contributed by atoms with Gasteiger partial charge in [0.15, 0.2) is 0 Å². The molecule has 0 aliphatic heterocycles. The van der Waals surface area contributed by atoms with Gasteiger partial charge in [0.25, 0.3) is 15.9 Å². The largest absolute Gasteiger partial charge is 0.494 e. The van der Waals surface area contributed by atoms with E-state index in [1.807, 2.05) is 31.2 Å². The molecule has 0 radical (unpaired) electrons. The highest BCUT2D eigenvalue weighted by molar-refractivity contribution is 7.92. The SMILES string of the molecule is CCOc1cccc(CN(C)C(=O)c2ccc(N(C)S(=O)(=O)c3ccccc3)cc2)c1. The second-order valence-corrected chi connectivity index (χ2v) is 9.04. The van der Waals surface area contributed by atoms with Crippen molar-refractivity contribution in [1.29, 1.82) is 0 Å². The van der Waals surface area contributed by atoms with Crippen LogP contribution in [0.25, 0.3) is 0 Å². The minimum atomic E-state index is -3.66. The number of carbonyl (C=O) groups excluding carboxylic acids is 1. The van der Waals surface area contributed by atoms with Crippen molar-refractivity contribution < 1.29 is 17.9 Å².